The highest BCUT2D eigenvalue weighted by atomic mass is 31.2. The molecule has 12 N–H and O–H groups in total. The van der Waals surface area contributed by atoms with E-state index in [-0.39, 0.29) is 50.9 Å². The normalized spacial score (nSPS) is 40.4. The van der Waals surface area contributed by atoms with Gasteiger partial charge in [0, 0.05) is 0 Å². The van der Waals surface area contributed by atoms with Gasteiger partial charge >= 0.3 is 23.5 Å². The van der Waals surface area contributed by atoms with Crippen LogP contribution in [0.15, 0.2) is 38.0 Å². The largest absolute Gasteiger partial charge is 0.473 e. The van der Waals surface area contributed by atoms with Gasteiger partial charge in [0.1, 0.15) is 70.6 Å². The number of nitrogens with zero attached hydrogens (tertiary/aromatic N) is 12. The third-order valence-electron chi connectivity index (χ3n) is 16.1. The maximum Gasteiger partial charge on any atom is 0.473 e. The van der Waals surface area contributed by atoms with Crippen LogP contribution in [0.1, 0.15) is 62.3 Å². The van der Waals surface area contributed by atoms with E-state index in [2.05, 4.69) is 44.9 Å². The quantitative estimate of drug-likeness (QED) is 0.0667. The number of aromatic nitrogens is 12. The van der Waals surface area contributed by atoms with Gasteiger partial charge in [-0.15, -0.1) is 0 Å². The fourth-order valence-corrected chi connectivity index (χ4v) is 14.8. The number of aliphatic hydroxyl groups excluding tert-OH is 1. The third kappa shape index (κ3) is 7.26. The summed E-state index contributed by atoms with van der Waals surface area (Å²) in [5, 5.41) is 35.1. The summed E-state index contributed by atoms with van der Waals surface area (Å²) >= 11 is 0. The maximum absolute atomic E-state index is 14.6. The Labute approximate surface area is 423 Å². The fourth-order valence-electron chi connectivity index (χ4n) is 10.8. The zero-order chi connectivity index (χ0) is 54.8. The number of imidazole rings is 3. The van der Waals surface area contributed by atoms with Gasteiger partial charge in [0.05, 0.1) is 38.8 Å². The highest BCUT2D eigenvalue weighted by Crippen LogP contribution is 2.71. The van der Waals surface area contributed by atoms with Gasteiger partial charge in [0.15, 0.2) is 68.4 Å². The number of nitrogens with two attached hydrogens (primary N) is 3. The standard InChI is InChI=1S/C39H54N15O18P3/c1-31(56)19(10-55)66-37(7,52-16-49-22-25(40)43-13-46-28(22)52)34(31,4)70-73(58,59)64-11-20-32(2,57)35(5,38(8,67-20)53-17-50-23-26(41)44-14-47-29(23)53)71-74(60,61)65-12-21-33(3)36(6,72-75(62,63)69-33)39(9,68-21)54-18-51-24-27(42)45-15-48-30(24)54/h13-21,55-57H,10-12H2,1-9H3,(H,58,59)(H,60,61)(H,62,63)(H2,40,43,46)(H2,41,44,47)(H2,42,45,48)/t19-,20-,21-,31-,32-,33-,34-,35-,36-,37-,38-,39-/m1/s1. The number of fused-ring (bicyclic) bond motifs is 4. The van der Waals surface area contributed by atoms with Crippen LogP contribution in [0.25, 0.3) is 33.5 Å². The van der Waals surface area contributed by atoms with Crippen molar-refractivity contribution in [3.63, 3.8) is 0 Å². The lowest BCUT2D eigenvalue weighted by atomic mass is 9.78. The van der Waals surface area contributed by atoms with E-state index >= 15 is 0 Å². The van der Waals surface area contributed by atoms with Crippen molar-refractivity contribution < 1.29 is 85.0 Å². The van der Waals surface area contributed by atoms with E-state index in [0.717, 1.165) is 32.2 Å². The Morgan fingerprint density at radius 2 is 0.947 bits per heavy atom. The lowest BCUT2D eigenvalue weighted by Gasteiger charge is -2.45. The summed E-state index contributed by atoms with van der Waals surface area (Å²) in [5.41, 5.74) is -1.01. The average molecular weight is 1110 g/mol. The molecular formula is C39H54N15O18P3. The van der Waals surface area contributed by atoms with Crippen molar-refractivity contribution in [2.75, 3.05) is 37.0 Å². The van der Waals surface area contributed by atoms with Gasteiger partial charge in [-0.3, -0.25) is 40.8 Å². The van der Waals surface area contributed by atoms with Crippen LogP contribution in [0.5, 0.6) is 0 Å². The van der Waals surface area contributed by atoms with E-state index in [0.29, 0.717) is 0 Å². The molecule has 4 fully saturated rings. The number of phosphoric acid groups is 3. The first-order chi connectivity index (χ1) is 34.6. The summed E-state index contributed by atoms with van der Waals surface area (Å²) in [5.74, 6) is -0.106. The van der Waals surface area contributed by atoms with E-state index in [4.69, 9.17) is 58.6 Å². The third-order valence-corrected chi connectivity index (χ3v) is 19.5. The molecule has 0 spiro atoms. The molecule has 4 aliphatic heterocycles. The molecule has 0 saturated carbocycles. The monoisotopic (exact) mass is 1110 g/mol. The smallest absolute Gasteiger partial charge is 0.394 e. The molecule has 0 radical (unpaired) electrons. The van der Waals surface area contributed by atoms with Gasteiger partial charge in [-0.25, -0.2) is 58.6 Å². The highest BCUT2D eigenvalue weighted by molar-refractivity contribution is 7.48. The van der Waals surface area contributed by atoms with Gasteiger partial charge in [-0.2, -0.15) is 0 Å². The number of hydrogen-bond donors (Lipinski definition) is 9. The van der Waals surface area contributed by atoms with Crippen LogP contribution >= 0.6 is 23.5 Å². The molecule has 4 aliphatic rings. The van der Waals surface area contributed by atoms with Gasteiger partial charge in [-0.1, -0.05) is 0 Å². The molecule has 6 aromatic heterocycles. The molecule has 75 heavy (non-hydrogen) atoms. The predicted octanol–water partition coefficient (Wildman–Crippen LogP) is 0.411. The summed E-state index contributed by atoms with van der Waals surface area (Å²) in [6.45, 7) is 8.86. The number of ether oxygens (including phenoxy) is 3. The molecule has 10 rings (SSSR count). The van der Waals surface area contributed by atoms with Crippen LogP contribution in [0.3, 0.4) is 0 Å². The summed E-state index contributed by atoms with van der Waals surface area (Å²) < 4.78 is 99.8. The van der Waals surface area contributed by atoms with Gasteiger partial charge in [-0.05, 0) is 62.3 Å². The number of nitrogen functional groups attached to an aromatic ring is 3. The molecule has 0 amide bonds. The predicted molar refractivity (Wildman–Crippen MR) is 252 cm³/mol. The van der Waals surface area contributed by atoms with Crippen LogP contribution in [-0.2, 0) is 72.2 Å². The van der Waals surface area contributed by atoms with Gasteiger partial charge in [0.25, 0.3) is 0 Å². The number of rotatable bonds is 14. The van der Waals surface area contributed by atoms with E-state index in [1.165, 1.54) is 81.7 Å². The average Bonchev–Trinajstić information content (AvgIpc) is 4.16. The molecule has 0 bridgehead atoms. The lowest BCUT2D eigenvalue weighted by Crippen LogP contribution is -2.62. The van der Waals surface area contributed by atoms with Crippen LogP contribution in [0, 0.1) is 0 Å². The van der Waals surface area contributed by atoms with E-state index in [1.54, 1.807) is 0 Å². The summed E-state index contributed by atoms with van der Waals surface area (Å²) in [6.07, 6.45) is 2.24. The topological polar surface area (TPSA) is 465 Å². The molecule has 408 valence electrons. The second kappa shape index (κ2) is 16.6. The number of phosphoric ester groups is 3. The van der Waals surface area contributed by atoms with Gasteiger partial charge in [0.2, 0.25) is 0 Å². The summed E-state index contributed by atoms with van der Waals surface area (Å²) in [7, 11) is -16.0. The molecule has 10 heterocycles. The van der Waals surface area contributed by atoms with Crippen molar-refractivity contribution in [1.82, 2.24) is 58.6 Å². The Kier molecular flexibility index (Phi) is 11.8. The Balaban J connectivity index is 0.965. The first-order valence-corrected chi connectivity index (χ1v) is 27.1. The van der Waals surface area contributed by atoms with Crippen molar-refractivity contribution in [2.24, 2.45) is 0 Å². The van der Waals surface area contributed by atoms with E-state index in [9.17, 15) is 43.7 Å². The van der Waals surface area contributed by atoms with Crippen LogP contribution in [-0.4, -0.2) is 160 Å². The zero-order valence-corrected chi connectivity index (χ0v) is 44.0. The Bertz CT molecular complexity index is 3460. The maximum atomic E-state index is 14.6. The summed E-state index contributed by atoms with van der Waals surface area (Å²) in [4.78, 5) is 71.7. The second-order valence-corrected chi connectivity index (χ2v) is 24.0. The minimum atomic E-state index is -5.60. The van der Waals surface area contributed by atoms with Crippen LogP contribution < -0.4 is 17.2 Å². The molecular weight excluding hydrogens is 1060 g/mol. The van der Waals surface area contributed by atoms with Crippen molar-refractivity contribution >= 4 is 74.4 Å². The molecule has 0 aliphatic carbocycles. The summed E-state index contributed by atoms with van der Waals surface area (Å²) in [6, 6.07) is 0. The number of anilines is 3. The molecule has 15 atom stereocenters. The minimum Gasteiger partial charge on any atom is -0.394 e. The van der Waals surface area contributed by atoms with Crippen molar-refractivity contribution in [2.45, 2.75) is 131 Å². The Hall–Kier alpha value is -4.86. The highest BCUT2D eigenvalue weighted by Gasteiger charge is 2.79. The van der Waals surface area contributed by atoms with Crippen LogP contribution in [0.2, 0.25) is 0 Å². The number of aliphatic hydroxyl groups is 3. The Morgan fingerprint density at radius 3 is 1.36 bits per heavy atom. The molecule has 4 saturated heterocycles. The van der Waals surface area contributed by atoms with Crippen LogP contribution in [0.4, 0.5) is 17.5 Å². The van der Waals surface area contributed by atoms with Crippen molar-refractivity contribution in [1.29, 1.82) is 0 Å². The molecule has 3 unspecified atom stereocenters. The molecule has 6 aromatic rings. The molecule has 33 nitrogen and oxygen atoms in total. The molecule has 36 heteroatoms. The second-order valence-electron chi connectivity index (χ2n) is 20.0. The first kappa shape index (κ1) is 53.5. The molecule has 0 aromatic carbocycles. The van der Waals surface area contributed by atoms with Crippen molar-refractivity contribution in [3.8, 4) is 0 Å². The van der Waals surface area contributed by atoms with E-state index < -0.39 is 112 Å². The minimum absolute atomic E-state index is 0.00733. The van der Waals surface area contributed by atoms with Gasteiger partial charge < -0.3 is 61.4 Å². The number of hydrogen-bond acceptors (Lipinski definition) is 27. The first-order valence-electron chi connectivity index (χ1n) is 22.6. The lowest BCUT2D eigenvalue weighted by molar-refractivity contribution is -0.184. The van der Waals surface area contributed by atoms with E-state index in [1.807, 2.05) is 0 Å². The zero-order valence-electron chi connectivity index (χ0n) is 41.3. The SMILES string of the molecule is C[C@]1(OP(=O)(O)OC[C@H]2O[C@@](C)(n3cnc4c(N)ncnc43)[C@](C)(OP(=O)(O)OC[C@H]3O[C@@](C)(n4cnc5c(N)ncnc54)[C@]4(C)OP(=O)(O)O[C@]34C)[C@]2(C)O)[C@](C)(n2cnc3c(N)ncnc32)O[C@H](CO)[C@@]1(C)O. The fraction of sp³-hybridized carbons (Fsp3) is 0.615. The van der Waals surface area contributed by atoms with Crippen molar-refractivity contribution in [3.05, 3.63) is 38.0 Å². The Morgan fingerprint density at radius 1 is 0.587 bits per heavy atom.